The molecule has 0 bridgehead atoms. The number of nitrogen functional groups attached to an aromatic ring is 1. The number of anilines is 1. The van der Waals surface area contributed by atoms with E-state index in [1.165, 1.54) is 12.1 Å². The molecule has 2 aromatic carbocycles. The van der Waals surface area contributed by atoms with E-state index < -0.39 is 5.82 Å². The Bertz CT molecular complexity index is 1540. The Morgan fingerprint density at radius 3 is 2.49 bits per heavy atom. The van der Waals surface area contributed by atoms with E-state index in [1.807, 2.05) is 32.1 Å². The summed E-state index contributed by atoms with van der Waals surface area (Å²) < 4.78 is 30.0. The zero-order valence-corrected chi connectivity index (χ0v) is 24.7. The van der Waals surface area contributed by atoms with Crippen LogP contribution in [0.5, 0.6) is 0 Å². The average Bonchev–Trinajstić information content (AvgIpc) is 3.26. The van der Waals surface area contributed by atoms with Gasteiger partial charge in [-0.05, 0) is 73.2 Å². The number of H-pyrrole nitrogens is 1. The first kappa shape index (κ1) is 31.1. The van der Waals surface area contributed by atoms with Crippen molar-refractivity contribution in [2.24, 2.45) is 5.41 Å². The van der Waals surface area contributed by atoms with E-state index in [2.05, 4.69) is 50.8 Å². The Kier molecular flexibility index (Phi) is 10.1. The highest BCUT2D eigenvalue weighted by Gasteiger charge is 2.19. The summed E-state index contributed by atoms with van der Waals surface area (Å²) in [6.45, 7) is 22.0. The standard InChI is InChI=1S/C35H40F2N4/c1-9-13-29(25-14-12-15-26(36)18-25)34-23(5)40-32(41-34)20-30-31(38)17-16-28(33(30)37)24(10-2)19-27(11-3)39-22(4)21-35(6,7)8/h9-19,39H,1,3-4,20-21,38H2,2,5-8H3,(H,40,41)/b24-10+,27-19+,29-13-. The van der Waals surface area contributed by atoms with Crippen LogP contribution in [0.15, 0.2) is 97.9 Å². The smallest absolute Gasteiger partial charge is 0.136 e. The fraction of sp³-hybridized carbons (Fsp3) is 0.229. The van der Waals surface area contributed by atoms with Gasteiger partial charge in [0.1, 0.15) is 17.5 Å². The molecule has 0 spiro atoms. The highest BCUT2D eigenvalue weighted by Crippen LogP contribution is 2.31. The van der Waals surface area contributed by atoms with Crippen molar-refractivity contribution in [2.45, 2.75) is 47.5 Å². The first-order valence-electron chi connectivity index (χ1n) is 13.5. The Morgan fingerprint density at radius 1 is 1.15 bits per heavy atom. The third-order valence-electron chi connectivity index (χ3n) is 6.45. The lowest BCUT2D eigenvalue weighted by molar-refractivity contribution is 0.403. The van der Waals surface area contributed by atoms with E-state index in [4.69, 9.17) is 10.7 Å². The molecule has 4 nitrogen and oxygen atoms in total. The summed E-state index contributed by atoms with van der Waals surface area (Å²) >= 11 is 0. The van der Waals surface area contributed by atoms with Gasteiger partial charge < -0.3 is 16.0 Å². The van der Waals surface area contributed by atoms with Gasteiger partial charge in [0.25, 0.3) is 0 Å². The molecule has 0 amide bonds. The van der Waals surface area contributed by atoms with Crippen LogP contribution < -0.4 is 11.1 Å². The maximum absolute atomic E-state index is 16.1. The lowest BCUT2D eigenvalue weighted by Crippen LogP contribution is -2.16. The minimum absolute atomic E-state index is 0.0708. The number of imidazole rings is 1. The van der Waals surface area contributed by atoms with E-state index in [-0.39, 0.29) is 17.7 Å². The molecule has 41 heavy (non-hydrogen) atoms. The maximum Gasteiger partial charge on any atom is 0.136 e. The van der Waals surface area contributed by atoms with Crippen LogP contribution in [0.4, 0.5) is 14.5 Å². The molecule has 214 valence electrons. The summed E-state index contributed by atoms with van der Waals surface area (Å²) in [6.07, 6.45) is 9.71. The molecule has 1 heterocycles. The molecule has 4 N–H and O–H groups in total. The van der Waals surface area contributed by atoms with Crippen molar-refractivity contribution in [2.75, 3.05) is 5.73 Å². The van der Waals surface area contributed by atoms with Gasteiger partial charge >= 0.3 is 0 Å². The van der Waals surface area contributed by atoms with Crippen LogP contribution in [0.2, 0.25) is 0 Å². The van der Waals surface area contributed by atoms with Crippen molar-refractivity contribution >= 4 is 16.8 Å². The first-order chi connectivity index (χ1) is 19.4. The molecule has 0 aliphatic rings. The summed E-state index contributed by atoms with van der Waals surface area (Å²) in [6, 6.07) is 9.68. The van der Waals surface area contributed by atoms with Gasteiger partial charge in [-0.2, -0.15) is 0 Å². The van der Waals surface area contributed by atoms with Crippen molar-refractivity contribution in [3.8, 4) is 0 Å². The largest absolute Gasteiger partial charge is 0.398 e. The third kappa shape index (κ3) is 8.04. The van der Waals surface area contributed by atoms with E-state index >= 15 is 4.39 Å². The number of benzene rings is 2. The molecule has 3 rings (SSSR count). The second-order valence-corrected chi connectivity index (χ2v) is 11.2. The van der Waals surface area contributed by atoms with E-state index in [0.717, 1.165) is 23.5 Å². The highest BCUT2D eigenvalue weighted by atomic mass is 19.1. The molecule has 6 heteroatoms. The van der Waals surface area contributed by atoms with Gasteiger partial charge in [0.05, 0.1) is 5.69 Å². The monoisotopic (exact) mass is 554 g/mol. The summed E-state index contributed by atoms with van der Waals surface area (Å²) in [5, 5.41) is 3.30. The summed E-state index contributed by atoms with van der Waals surface area (Å²) in [4.78, 5) is 8.01. The number of nitrogens with zero attached hydrogens (tertiary/aromatic N) is 1. The predicted octanol–water partition coefficient (Wildman–Crippen LogP) is 8.80. The lowest BCUT2D eigenvalue weighted by atomic mass is 9.91. The molecule has 0 radical (unpaired) electrons. The number of aromatic amines is 1. The van der Waals surface area contributed by atoms with Gasteiger partial charge in [-0.25, -0.2) is 13.8 Å². The summed E-state index contributed by atoms with van der Waals surface area (Å²) in [5.74, 6) is -0.232. The summed E-state index contributed by atoms with van der Waals surface area (Å²) in [5.41, 5.74) is 12.4. The van der Waals surface area contributed by atoms with Gasteiger partial charge in [0, 0.05) is 45.9 Å². The fourth-order valence-electron chi connectivity index (χ4n) is 4.68. The number of hydrogen-bond acceptors (Lipinski definition) is 3. The Hall–Kier alpha value is -4.45. The van der Waals surface area contributed by atoms with Crippen molar-refractivity contribution in [3.05, 3.63) is 143 Å². The topological polar surface area (TPSA) is 66.7 Å². The number of aryl methyl sites for hydroxylation is 1. The second kappa shape index (κ2) is 13.3. The number of nitrogens with one attached hydrogen (secondary N) is 2. The third-order valence-corrected chi connectivity index (χ3v) is 6.45. The van der Waals surface area contributed by atoms with Crippen molar-refractivity contribution in [3.63, 3.8) is 0 Å². The van der Waals surface area contributed by atoms with Crippen LogP contribution in [-0.4, -0.2) is 9.97 Å². The second-order valence-electron chi connectivity index (χ2n) is 11.2. The van der Waals surface area contributed by atoms with Crippen molar-refractivity contribution in [1.82, 2.24) is 15.3 Å². The van der Waals surface area contributed by atoms with Crippen LogP contribution in [0.25, 0.3) is 11.1 Å². The first-order valence-corrected chi connectivity index (χ1v) is 13.5. The Balaban J connectivity index is 1.96. The highest BCUT2D eigenvalue weighted by molar-refractivity contribution is 5.80. The van der Waals surface area contributed by atoms with Gasteiger partial charge in [-0.15, -0.1) is 0 Å². The van der Waals surface area contributed by atoms with Gasteiger partial charge in [-0.3, -0.25) is 0 Å². The minimum atomic E-state index is -0.422. The summed E-state index contributed by atoms with van der Waals surface area (Å²) in [7, 11) is 0. The SMILES string of the molecule is C=C/C=C(/c1cccc(F)c1)c1nc(Cc2c(N)ccc(C(/C=C(\C=C)NC(=C)CC(C)(C)C)=C/C)c2F)[nH]c1C. The lowest BCUT2D eigenvalue weighted by Gasteiger charge is -2.21. The maximum atomic E-state index is 16.1. The number of allylic oxidation sites excluding steroid dienone is 7. The molecule has 0 fully saturated rings. The molecule has 0 aliphatic heterocycles. The Labute approximate surface area is 242 Å². The molecule has 0 saturated heterocycles. The minimum Gasteiger partial charge on any atom is -0.398 e. The fourth-order valence-corrected chi connectivity index (χ4v) is 4.68. The Morgan fingerprint density at radius 2 is 1.88 bits per heavy atom. The number of aromatic nitrogens is 2. The van der Waals surface area contributed by atoms with Crippen LogP contribution in [-0.2, 0) is 6.42 Å². The molecular formula is C35H40F2N4. The van der Waals surface area contributed by atoms with Gasteiger partial charge in [0.2, 0.25) is 0 Å². The number of halogens is 2. The molecular weight excluding hydrogens is 514 g/mol. The molecule has 3 aromatic rings. The number of rotatable bonds is 11. The van der Waals surface area contributed by atoms with Crippen molar-refractivity contribution in [1.29, 1.82) is 0 Å². The normalized spacial score (nSPS) is 12.8. The molecule has 0 atom stereocenters. The van der Waals surface area contributed by atoms with E-state index in [0.29, 0.717) is 45.0 Å². The van der Waals surface area contributed by atoms with Crippen LogP contribution >= 0.6 is 0 Å². The van der Waals surface area contributed by atoms with E-state index in [1.54, 1.807) is 36.4 Å². The van der Waals surface area contributed by atoms with Crippen LogP contribution in [0.3, 0.4) is 0 Å². The zero-order chi connectivity index (χ0) is 30.3. The molecule has 1 aromatic heterocycles. The number of hydrogen-bond donors (Lipinski definition) is 3. The van der Waals surface area contributed by atoms with Gasteiger partial charge in [-0.1, -0.05) is 70.9 Å². The van der Waals surface area contributed by atoms with Crippen LogP contribution in [0, 0.1) is 24.0 Å². The van der Waals surface area contributed by atoms with Crippen molar-refractivity contribution < 1.29 is 8.78 Å². The van der Waals surface area contributed by atoms with Crippen LogP contribution in [0.1, 0.15) is 68.0 Å². The number of nitrogens with two attached hydrogens (primary N) is 1. The van der Waals surface area contributed by atoms with Gasteiger partial charge in [0.15, 0.2) is 0 Å². The molecule has 0 saturated carbocycles. The molecule has 0 aliphatic carbocycles. The zero-order valence-electron chi connectivity index (χ0n) is 24.7. The quantitative estimate of drug-likeness (QED) is 0.164. The van der Waals surface area contributed by atoms with E-state index in [9.17, 15) is 4.39 Å². The predicted molar refractivity (Wildman–Crippen MR) is 169 cm³/mol. The average molecular weight is 555 g/mol. The molecule has 0 unspecified atom stereocenters.